The quantitative estimate of drug-likeness (QED) is 0.415. The number of hydrogen-bond acceptors (Lipinski definition) is 2. The van der Waals surface area contributed by atoms with Crippen molar-refractivity contribution in [2.45, 2.75) is 65.2 Å². The monoisotopic (exact) mass is 216 g/mol. The van der Waals surface area contributed by atoms with E-state index in [4.69, 9.17) is 17.0 Å². The average Bonchev–Trinajstić information content (AvgIpc) is 2.21. The van der Waals surface area contributed by atoms with Crippen LogP contribution in [-0.2, 0) is 4.74 Å². The summed E-state index contributed by atoms with van der Waals surface area (Å²) in [5.41, 5.74) is 0. The highest BCUT2D eigenvalue weighted by Gasteiger charge is 1.94. The lowest BCUT2D eigenvalue weighted by Gasteiger charge is -2.04. The van der Waals surface area contributed by atoms with E-state index in [1.54, 1.807) is 0 Å². The van der Waals surface area contributed by atoms with Gasteiger partial charge in [0.15, 0.2) is 5.05 Å². The lowest BCUT2D eigenvalue weighted by atomic mass is 10.1. The highest BCUT2D eigenvalue weighted by atomic mass is 32.1. The van der Waals surface area contributed by atoms with Gasteiger partial charge in [-0.2, -0.15) is 0 Å². The number of ether oxygens (including phenoxy) is 1. The van der Waals surface area contributed by atoms with Crippen LogP contribution in [0.4, 0.5) is 0 Å². The summed E-state index contributed by atoms with van der Waals surface area (Å²) in [7, 11) is 0. The van der Waals surface area contributed by atoms with Gasteiger partial charge in [0.25, 0.3) is 0 Å². The average molecular weight is 216 g/mol. The van der Waals surface area contributed by atoms with Gasteiger partial charge in [0.2, 0.25) is 0 Å². The highest BCUT2D eigenvalue weighted by molar-refractivity contribution is 7.80. The summed E-state index contributed by atoms with van der Waals surface area (Å²) < 4.78 is 5.35. The Labute approximate surface area is 94.2 Å². The predicted octanol–water partition coefficient (Wildman–Crippen LogP) is 4.49. The Bertz CT molecular complexity index is 134. The number of unbranched alkanes of at least 4 members (excludes halogenated alkanes) is 6. The Balaban J connectivity index is 2.95. The first-order chi connectivity index (χ1) is 6.81. The zero-order chi connectivity index (χ0) is 10.6. The molecule has 0 aliphatic carbocycles. The van der Waals surface area contributed by atoms with E-state index in [1.165, 1.54) is 38.5 Å². The molecule has 14 heavy (non-hydrogen) atoms. The molecule has 84 valence electrons. The number of rotatable bonds is 9. The summed E-state index contributed by atoms with van der Waals surface area (Å²) in [6, 6.07) is 0. The van der Waals surface area contributed by atoms with Gasteiger partial charge in [0, 0.05) is 6.42 Å². The first kappa shape index (κ1) is 13.9. The van der Waals surface area contributed by atoms with Gasteiger partial charge in [0.1, 0.15) is 0 Å². The third kappa shape index (κ3) is 9.97. The van der Waals surface area contributed by atoms with Crippen molar-refractivity contribution in [2.24, 2.45) is 0 Å². The van der Waals surface area contributed by atoms with Gasteiger partial charge in [-0.3, -0.25) is 0 Å². The van der Waals surface area contributed by atoms with Crippen molar-refractivity contribution in [3.63, 3.8) is 0 Å². The third-order valence-corrected chi connectivity index (χ3v) is 2.71. The summed E-state index contributed by atoms with van der Waals surface area (Å²) in [4.78, 5) is 0. The van der Waals surface area contributed by atoms with Crippen LogP contribution in [0.5, 0.6) is 0 Å². The van der Waals surface area contributed by atoms with Gasteiger partial charge in [-0.05, 0) is 18.6 Å². The third-order valence-electron chi connectivity index (χ3n) is 2.30. The normalized spacial score (nSPS) is 10.1. The second-order valence-electron chi connectivity index (χ2n) is 3.70. The molecule has 0 N–H and O–H groups in total. The maximum atomic E-state index is 5.35. The Morgan fingerprint density at radius 3 is 2.07 bits per heavy atom. The Kier molecular flexibility index (Phi) is 10.9. The van der Waals surface area contributed by atoms with E-state index in [-0.39, 0.29) is 0 Å². The summed E-state index contributed by atoms with van der Waals surface area (Å²) in [6.07, 6.45) is 10.2. The van der Waals surface area contributed by atoms with E-state index >= 15 is 0 Å². The molecule has 0 radical (unpaired) electrons. The molecule has 0 rings (SSSR count). The molecular weight excluding hydrogens is 192 g/mol. The molecule has 0 aromatic heterocycles. The summed E-state index contributed by atoms with van der Waals surface area (Å²) >= 11 is 4.97. The molecule has 0 saturated heterocycles. The van der Waals surface area contributed by atoms with Crippen LogP contribution in [0, 0.1) is 0 Å². The van der Waals surface area contributed by atoms with Gasteiger partial charge in [0.05, 0.1) is 6.61 Å². The number of thiocarbonyl (C=S) groups is 1. The van der Waals surface area contributed by atoms with Crippen LogP contribution in [0.1, 0.15) is 65.2 Å². The fraction of sp³-hybridized carbons (Fsp3) is 0.917. The molecule has 0 atom stereocenters. The first-order valence-corrected chi connectivity index (χ1v) is 6.37. The van der Waals surface area contributed by atoms with Crippen LogP contribution >= 0.6 is 12.2 Å². The molecule has 0 aromatic carbocycles. The van der Waals surface area contributed by atoms with Crippen molar-refractivity contribution < 1.29 is 4.74 Å². The largest absolute Gasteiger partial charge is 0.487 e. The second-order valence-corrected chi connectivity index (χ2v) is 4.15. The van der Waals surface area contributed by atoms with Crippen molar-refractivity contribution in [1.29, 1.82) is 0 Å². The minimum atomic E-state index is 0.760. The topological polar surface area (TPSA) is 9.23 Å². The molecule has 2 heteroatoms. The predicted molar refractivity (Wildman–Crippen MR) is 66.8 cm³/mol. The molecular formula is C12H24OS. The maximum Gasteiger partial charge on any atom is 0.159 e. The second kappa shape index (κ2) is 11.0. The summed E-state index contributed by atoms with van der Waals surface area (Å²) in [5.74, 6) is 0. The van der Waals surface area contributed by atoms with Crippen LogP contribution in [0.15, 0.2) is 0 Å². The zero-order valence-corrected chi connectivity index (χ0v) is 10.5. The molecule has 0 heterocycles. The minimum absolute atomic E-state index is 0.760. The maximum absolute atomic E-state index is 5.35. The zero-order valence-electron chi connectivity index (χ0n) is 9.68. The van der Waals surface area contributed by atoms with Crippen molar-refractivity contribution >= 4 is 17.3 Å². The van der Waals surface area contributed by atoms with Gasteiger partial charge >= 0.3 is 0 Å². The van der Waals surface area contributed by atoms with Gasteiger partial charge in [-0.1, -0.05) is 52.4 Å². The summed E-state index contributed by atoms with van der Waals surface area (Å²) in [5, 5.41) is 0.760. The van der Waals surface area contributed by atoms with Crippen LogP contribution in [0.25, 0.3) is 0 Å². The highest BCUT2D eigenvalue weighted by Crippen LogP contribution is 2.07. The van der Waals surface area contributed by atoms with Gasteiger partial charge in [-0.15, -0.1) is 0 Å². The van der Waals surface area contributed by atoms with E-state index in [9.17, 15) is 0 Å². The van der Waals surface area contributed by atoms with Crippen molar-refractivity contribution in [3.8, 4) is 0 Å². The molecule has 0 aliphatic rings. The number of hydrogen-bond donors (Lipinski definition) is 0. The lowest BCUT2D eigenvalue weighted by Crippen LogP contribution is -2.01. The molecule has 0 aliphatic heterocycles. The van der Waals surface area contributed by atoms with Crippen molar-refractivity contribution in [3.05, 3.63) is 0 Å². The van der Waals surface area contributed by atoms with E-state index < -0.39 is 0 Å². The molecule has 0 fully saturated rings. The van der Waals surface area contributed by atoms with Crippen LogP contribution in [-0.4, -0.2) is 11.7 Å². The fourth-order valence-electron chi connectivity index (χ4n) is 1.35. The molecule has 0 aromatic rings. The lowest BCUT2D eigenvalue weighted by molar-refractivity contribution is 0.293. The van der Waals surface area contributed by atoms with Crippen molar-refractivity contribution in [1.82, 2.24) is 0 Å². The molecule has 0 spiro atoms. The van der Waals surface area contributed by atoms with Crippen LogP contribution in [0.2, 0.25) is 0 Å². The Morgan fingerprint density at radius 2 is 1.50 bits per heavy atom. The van der Waals surface area contributed by atoms with Crippen LogP contribution < -0.4 is 0 Å². The molecule has 0 unspecified atom stereocenters. The van der Waals surface area contributed by atoms with Gasteiger partial charge < -0.3 is 4.74 Å². The van der Waals surface area contributed by atoms with Gasteiger partial charge in [-0.25, -0.2) is 0 Å². The molecule has 1 nitrogen and oxygen atoms in total. The van der Waals surface area contributed by atoms with E-state index in [2.05, 4.69) is 6.92 Å². The molecule has 0 saturated carbocycles. The van der Waals surface area contributed by atoms with Crippen LogP contribution in [0.3, 0.4) is 0 Å². The fourth-order valence-corrected chi connectivity index (χ4v) is 1.43. The molecule has 0 bridgehead atoms. The summed E-state index contributed by atoms with van der Waals surface area (Å²) in [6.45, 7) is 5.10. The molecule has 0 amide bonds. The van der Waals surface area contributed by atoms with E-state index in [1.807, 2.05) is 6.92 Å². The van der Waals surface area contributed by atoms with E-state index in [0.29, 0.717) is 0 Å². The minimum Gasteiger partial charge on any atom is -0.487 e. The SMILES string of the molecule is CCCCCCCCCOC(=S)CC. The smallest absolute Gasteiger partial charge is 0.159 e. The Hall–Kier alpha value is -0.110. The van der Waals surface area contributed by atoms with Crippen molar-refractivity contribution in [2.75, 3.05) is 6.61 Å². The van der Waals surface area contributed by atoms with E-state index in [0.717, 1.165) is 24.5 Å². The Morgan fingerprint density at radius 1 is 0.929 bits per heavy atom. The first-order valence-electron chi connectivity index (χ1n) is 5.96. The standard InChI is InChI=1S/C12H24OS/c1-3-5-6-7-8-9-10-11-13-12(14)4-2/h3-11H2,1-2H3.